The first-order valence-corrected chi connectivity index (χ1v) is 4.91. The summed E-state index contributed by atoms with van der Waals surface area (Å²) >= 11 is 0. The number of rotatable bonds is 0. The van der Waals surface area contributed by atoms with Crippen LogP contribution in [0.5, 0.6) is 0 Å². The molecule has 2 bridgehead atoms. The van der Waals surface area contributed by atoms with Gasteiger partial charge in [-0.15, -0.1) is 0 Å². The molecule has 0 saturated heterocycles. The molecule has 0 aromatic carbocycles. The van der Waals surface area contributed by atoms with E-state index in [1.54, 1.807) is 32.1 Å². The molecule has 4 saturated carbocycles. The fraction of sp³-hybridized carbons (Fsp3) is 1.00. The van der Waals surface area contributed by atoms with Crippen LogP contribution in [0.25, 0.3) is 0 Å². The van der Waals surface area contributed by atoms with Crippen molar-refractivity contribution in [1.29, 1.82) is 0 Å². The van der Waals surface area contributed by atoms with E-state index in [0.717, 1.165) is 5.41 Å². The van der Waals surface area contributed by atoms with Gasteiger partial charge < -0.3 is 0 Å². The molecule has 0 nitrogen and oxygen atoms in total. The molecule has 0 aromatic heterocycles. The lowest BCUT2D eigenvalue weighted by Gasteiger charge is -2.40. The number of hydrogen-bond acceptors (Lipinski definition) is 0. The molecule has 4 fully saturated rings. The highest BCUT2D eigenvalue weighted by Crippen LogP contribution is 2.84. The molecule has 1 spiro atoms. The maximum atomic E-state index is 1.65. The first kappa shape index (κ1) is 4.79. The second kappa shape index (κ2) is 1.09. The highest BCUT2D eigenvalue weighted by molar-refractivity contribution is 5.25. The average Bonchev–Trinajstić information content (AvgIpc) is 2.24. The molecule has 0 aliphatic heterocycles. The van der Waals surface area contributed by atoms with Gasteiger partial charge in [0.2, 0.25) is 0 Å². The standard InChI is InChI=1S/C10H14/c1-2-7-3-6(1)9-4-8-5-10(7,8)9/h6-9H,1-5H2. The Morgan fingerprint density at radius 3 is 2.60 bits per heavy atom. The van der Waals surface area contributed by atoms with Crippen molar-refractivity contribution in [3.8, 4) is 0 Å². The van der Waals surface area contributed by atoms with Gasteiger partial charge in [0, 0.05) is 0 Å². The van der Waals surface area contributed by atoms with Crippen LogP contribution in [0.4, 0.5) is 0 Å². The largest absolute Gasteiger partial charge is 0.0499 e. The van der Waals surface area contributed by atoms with Crippen molar-refractivity contribution < 1.29 is 0 Å². The SMILES string of the molecule is C1CC2CC1C1CC3CC231. The summed E-state index contributed by atoms with van der Waals surface area (Å²) in [5.41, 5.74) is 1.02. The van der Waals surface area contributed by atoms with Crippen molar-refractivity contribution in [2.75, 3.05) is 0 Å². The third-order valence-electron chi connectivity index (χ3n) is 5.23. The van der Waals surface area contributed by atoms with Gasteiger partial charge in [-0.1, -0.05) is 0 Å². The van der Waals surface area contributed by atoms with E-state index in [0.29, 0.717) is 0 Å². The fourth-order valence-corrected chi connectivity index (χ4v) is 4.79. The third kappa shape index (κ3) is 0.271. The molecule has 0 N–H and O–H groups in total. The molecule has 4 rings (SSSR count). The monoisotopic (exact) mass is 134 g/mol. The zero-order valence-electron chi connectivity index (χ0n) is 6.34. The molecule has 0 radical (unpaired) electrons. The summed E-state index contributed by atoms with van der Waals surface area (Å²) in [6, 6.07) is 0. The van der Waals surface area contributed by atoms with Crippen LogP contribution in [-0.2, 0) is 0 Å². The van der Waals surface area contributed by atoms with Gasteiger partial charge in [-0.05, 0) is 61.2 Å². The molecular formula is C10H14. The van der Waals surface area contributed by atoms with E-state index < -0.39 is 0 Å². The van der Waals surface area contributed by atoms with Crippen LogP contribution >= 0.6 is 0 Å². The Labute approximate surface area is 62.0 Å². The molecule has 0 heteroatoms. The zero-order valence-corrected chi connectivity index (χ0v) is 6.34. The summed E-state index contributed by atoms with van der Waals surface area (Å²) in [6.45, 7) is 0. The van der Waals surface area contributed by atoms with Crippen molar-refractivity contribution in [1.82, 2.24) is 0 Å². The molecule has 0 aromatic rings. The molecule has 0 amide bonds. The van der Waals surface area contributed by atoms with E-state index in [-0.39, 0.29) is 0 Å². The molecule has 54 valence electrons. The van der Waals surface area contributed by atoms with Gasteiger partial charge in [-0.25, -0.2) is 0 Å². The topological polar surface area (TPSA) is 0 Å². The molecule has 5 unspecified atom stereocenters. The van der Waals surface area contributed by atoms with Crippen LogP contribution in [-0.4, -0.2) is 0 Å². The van der Waals surface area contributed by atoms with E-state index in [1.807, 2.05) is 0 Å². The van der Waals surface area contributed by atoms with Crippen LogP contribution in [0.15, 0.2) is 0 Å². The van der Waals surface area contributed by atoms with Crippen molar-refractivity contribution >= 4 is 0 Å². The Bertz CT molecular complexity index is 200. The van der Waals surface area contributed by atoms with Gasteiger partial charge >= 0.3 is 0 Å². The minimum Gasteiger partial charge on any atom is -0.0499 e. The Hall–Kier alpha value is 0. The van der Waals surface area contributed by atoms with E-state index in [9.17, 15) is 0 Å². The van der Waals surface area contributed by atoms with Gasteiger partial charge in [0.05, 0.1) is 0 Å². The molecule has 0 heterocycles. The summed E-state index contributed by atoms with van der Waals surface area (Å²) in [4.78, 5) is 0. The van der Waals surface area contributed by atoms with Gasteiger partial charge in [0.15, 0.2) is 0 Å². The highest BCUT2D eigenvalue weighted by atomic mass is 14.8. The zero-order chi connectivity index (χ0) is 6.34. The van der Waals surface area contributed by atoms with Gasteiger partial charge in [0.25, 0.3) is 0 Å². The van der Waals surface area contributed by atoms with E-state index in [1.165, 1.54) is 23.7 Å². The van der Waals surface area contributed by atoms with Crippen LogP contribution in [0.3, 0.4) is 0 Å². The van der Waals surface area contributed by atoms with Crippen molar-refractivity contribution in [2.24, 2.45) is 29.1 Å². The van der Waals surface area contributed by atoms with E-state index in [2.05, 4.69) is 0 Å². The van der Waals surface area contributed by atoms with Gasteiger partial charge in [-0.2, -0.15) is 0 Å². The molecule has 4 aliphatic rings. The number of fused-ring (bicyclic) bond motifs is 3. The minimum atomic E-state index is 1.02. The van der Waals surface area contributed by atoms with E-state index >= 15 is 0 Å². The van der Waals surface area contributed by atoms with Crippen LogP contribution in [0.2, 0.25) is 0 Å². The molecule has 4 aliphatic carbocycles. The molecule has 10 heavy (non-hydrogen) atoms. The van der Waals surface area contributed by atoms with Crippen LogP contribution in [0.1, 0.15) is 32.1 Å². The van der Waals surface area contributed by atoms with Crippen LogP contribution in [0, 0.1) is 29.1 Å². The van der Waals surface area contributed by atoms with Gasteiger partial charge in [-0.3, -0.25) is 0 Å². The Balaban J connectivity index is 1.88. The maximum absolute atomic E-state index is 1.65. The lowest BCUT2D eigenvalue weighted by atomic mass is 9.65. The second-order valence-electron chi connectivity index (χ2n) is 5.13. The molecular weight excluding hydrogens is 120 g/mol. The predicted octanol–water partition coefficient (Wildman–Crippen LogP) is 2.44. The van der Waals surface area contributed by atoms with Gasteiger partial charge in [0.1, 0.15) is 0 Å². The average molecular weight is 134 g/mol. The molecule has 5 atom stereocenters. The number of hydrogen-bond donors (Lipinski definition) is 0. The lowest BCUT2D eigenvalue weighted by molar-refractivity contribution is 0.0841. The van der Waals surface area contributed by atoms with Crippen molar-refractivity contribution in [3.63, 3.8) is 0 Å². The van der Waals surface area contributed by atoms with Crippen molar-refractivity contribution in [3.05, 3.63) is 0 Å². The summed E-state index contributed by atoms with van der Waals surface area (Å²) in [5, 5.41) is 0. The van der Waals surface area contributed by atoms with Crippen LogP contribution < -0.4 is 0 Å². The summed E-state index contributed by atoms with van der Waals surface area (Å²) in [6.07, 6.45) is 8.14. The highest BCUT2D eigenvalue weighted by Gasteiger charge is 2.76. The Morgan fingerprint density at radius 1 is 1.00 bits per heavy atom. The minimum absolute atomic E-state index is 1.02. The summed E-state index contributed by atoms with van der Waals surface area (Å²) in [5.74, 6) is 4.93. The summed E-state index contributed by atoms with van der Waals surface area (Å²) < 4.78 is 0. The normalized spacial score (nSPS) is 74.4. The van der Waals surface area contributed by atoms with E-state index in [4.69, 9.17) is 0 Å². The fourth-order valence-electron chi connectivity index (χ4n) is 4.79. The Kier molecular flexibility index (Phi) is 0.522. The smallest absolute Gasteiger partial charge is 0.0207 e. The van der Waals surface area contributed by atoms with Crippen molar-refractivity contribution in [2.45, 2.75) is 32.1 Å². The quantitative estimate of drug-likeness (QED) is 0.477. The first-order chi connectivity index (χ1) is 4.91. The predicted molar refractivity (Wildman–Crippen MR) is 39.5 cm³/mol. The third-order valence-corrected chi connectivity index (χ3v) is 5.23. The Morgan fingerprint density at radius 2 is 2.00 bits per heavy atom. The lowest BCUT2D eigenvalue weighted by Crippen LogP contribution is -2.33. The maximum Gasteiger partial charge on any atom is -0.0207 e. The summed E-state index contributed by atoms with van der Waals surface area (Å²) in [7, 11) is 0. The first-order valence-electron chi connectivity index (χ1n) is 4.91. The second-order valence-corrected chi connectivity index (χ2v) is 5.13.